The van der Waals surface area contributed by atoms with Crippen LogP contribution in [0.3, 0.4) is 0 Å². The minimum atomic E-state index is -0.427. The number of halogens is 1. The molecule has 0 heterocycles. The lowest BCUT2D eigenvalue weighted by molar-refractivity contribution is -0.116. The molecular formula is C9H8BrN2O. The van der Waals surface area contributed by atoms with Crippen LogP contribution in [0, 0.1) is 6.92 Å². The van der Waals surface area contributed by atoms with Crippen molar-refractivity contribution in [3.63, 3.8) is 0 Å². The third-order valence-electron chi connectivity index (χ3n) is 1.30. The Morgan fingerprint density at radius 2 is 2.23 bits per heavy atom. The number of rotatable bonds is 2. The molecule has 1 aromatic rings. The maximum Gasteiger partial charge on any atom is 0.240 e. The first kappa shape index (κ1) is 9.92. The van der Waals surface area contributed by atoms with Crippen LogP contribution in [-0.2, 0) is 4.79 Å². The Balaban J connectivity index is 2.68. The van der Waals surface area contributed by atoms with Crippen molar-refractivity contribution in [1.29, 1.82) is 0 Å². The molecule has 0 aliphatic heterocycles. The third-order valence-corrected chi connectivity index (χ3v) is 2.02. The summed E-state index contributed by atoms with van der Waals surface area (Å²) in [6.07, 6.45) is 1.55. The maximum absolute atomic E-state index is 10.4. The minimum Gasteiger partial charge on any atom is -0.273 e. The molecule has 13 heavy (non-hydrogen) atoms. The van der Waals surface area contributed by atoms with Gasteiger partial charge >= 0.3 is 0 Å². The number of benzene rings is 1. The second-order valence-corrected chi connectivity index (χ2v) is 3.17. The zero-order valence-electron chi connectivity index (χ0n) is 6.83. The Morgan fingerprint density at radius 3 is 2.85 bits per heavy atom. The van der Waals surface area contributed by atoms with E-state index in [1.54, 1.807) is 6.21 Å². The summed E-state index contributed by atoms with van der Waals surface area (Å²) < 4.78 is 0.928. The van der Waals surface area contributed by atoms with Crippen LogP contribution >= 0.6 is 15.9 Å². The molecule has 1 N–H and O–H groups in total. The molecule has 0 saturated carbocycles. The lowest BCUT2D eigenvalue weighted by Gasteiger charge is -1.95. The molecule has 0 aliphatic rings. The number of hydrogen-bond acceptors (Lipinski definition) is 2. The fraction of sp³-hybridized carbons (Fsp3) is 0. The van der Waals surface area contributed by atoms with Crippen molar-refractivity contribution >= 4 is 28.1 Å². The van der Waals surface area contributed by atoms with Gasteiger partial charge in [-0.05, 0) is 6.07 Å². The molecule has 1 aromatic carbocycles. The highest BCUT2D eigenvalue weighted by Gasteiger charge is 1.93. The molecule has 1 radical (unpaired) electrons. The zero-order valence-corrected chi connectivity index (χ0v) is 8.41. The molecule has 3 nitrogen and oxygen atoms in total. The normalized spacial score (nSPS) is 10.3. The van der Waals surface area contributed by atoms with Crippen LogP contribution in [0.25, 0.3) is 0 Å². The monoisotopic (exact) mass is 239 g/mol. The van der Waals surface area contributed by atoms with Crippen LogP contribution in [0.4, 0.5) is 0 Å². The first-order valence-electron chi connectivity index (χ1n) is 3.59. The Hall–Kier alpha value is -1.16. The first-order chi connectivity index (χ1) is 6.20. The first-order valence-corrected chi connectivity index (χ1v) is 4.39. The van der Waals surface area contributed by atoms with E-state index in [4.69, 9.17) is 0 Å². The van der Waals surface area contributed by atoms with Crippen LogP contribution in [0.5, 0.6) is 0 Å². The van der Waals surface area contributed by atoms with Crippen molar-refractivity contribution in [2.75, 3.05) is 0 Å². The molecular weight excluding hydrogens is 232 g/mol. The number of hydrogen-bond donors (Lipinski definition) is 1. The van der Waals surface area contributed by atoms with E-state index in [1.165, 1.54) is 0 Å². The van der Waals surface area contributed by atoms with Crippen LogP contribution in [0.2, 0.25) is 0 Å². The number of hydrazone groups is 1. The van der Waals surface area contributed by atoms with Gasteiger partial charge in [-0.15, -0.1) is 0 Å². The molecule has 0 bridgehead atoms. The van der Waals surface area contributed by atoms with Gasteiger partial charge in [0.25, 0.3) is 0 Å². The van der Waals surface area contributed by atoms with E-state index < -0.39 is 5.91 Å². The van der Waals surface area contributed by atoms with E-state index in [-0.39, 0.29) is 0 Å². The van der Waals surface area contributed by atoms with Crippen molar-refractivity contribution < 1.29 is 4.79 Å². The number of nitrogens with one attached hydrogen (secondary N) is 1. The highest BCUT2D eigenvalue weighted by molar-refractivity contribution is 9.10. The molecule has 0 unspecified atom stereocenters. The van der Waals surface area contributed by atoms with E-state index >= 15 is 0 Å². The van der Waals surface area contributed by atoms with E-state index in [0.29, 0.717) is 0 Å². The van der Waals surface area contributed by atoms with Crippen molar-refractivity contribution in [2.24, 2.45) is 5.10 Å². The lowest BCUT2D eigenvalue weighted by Crippen LogP contribution is -2.12. The smallest absolute Gasteiger partial charge is 0.240 e. The van der Waals surface area contributed by atoms with Gasteiger partial charge in [0.1, 0.15) is 0 Å². The summed E-state index contributed by atoms with van der Waals surface area (Å²) in [5, 5.41) is 3.68. The average molecular weight is 240 g/mol. The Labute approximate surface area is 85.0 Å². The molecule has 0 atom stereocenters. The zero-order chi connectivity index (χ0) is 9.68. The number of carbonyl (C=O) groups excluding carboxylic acids is 1. The fourth-order valence-electron chi connectivity index (χ4n) is 0.754. The Kier molecular flexibility index (Phi) is 3.64. The summed E-state index contributed by atoms with van der Waals surface area (Å²) in [5.41, 5.74) is 3.12. The van der Waals surface area contributed by atoms with Gasteiger partial charge in [-0.2, -0.15) is 5.10 Å². The van der Waals surface area contributed by atoms with Gasteiger partial charge in [0.2, 0.25) is 5.91 Å². The quantitative estimate of drug-likeness (QED) is 0.620. The van der Waals surface area contributed by atoms with Crippen LogP contribution in [0.1, 0.15) is 5.56 Å². The standard InChI is InChI=1S/C9H8BrN2O/c1-7(13)12-11-6-8-4-2-3-5-9(8)10/h2-6H,1H2,(H,12,13). The predicted octanol–water partition coefficient (Wildman–Crippen LogP) is 1.73. The summed E-state index contributed by atoms with van der Waals surface area (Å²) in [4.78, 5) is 10.4. The average Bonchev–Trinajstić information content (AvgIpc) is 2.08. The highest BCUT2D eigenvalue weighted by atomic mass is 79.9. The van der Waals surface area contributed by atoms with E-state index in [2.05, 4.69) is 33.4 Å². The molecule has 0 saturated heterocycles. The molecule has 0 aromatic heterocycles. The van der Waals surface area contributed by atoms with Gasteiger partial charge in [-0.1, -0.05) is 34.1 Å². The van der Waals surface area contributed by atoms with Crippen molar-refractivity contribution in [1.82, 2.24) is 5.43 Å². The number of carbonyl (C=O) groups is 1. The highest BCUT2D eigenvalue weighted by Crippen LogP contribution is 2.13. The van der Waals surface area contributed by atoms with Gasteiger partial charge < -0.3 is 0 Å². The third kappa shape index (κ3) is 3.38. The van der Waals surface area contributed by atoms with Crippen molar-refractivity contribution in [2.45, 2.75) is 0 Å². The van der Waals surface area contributed by atoms with Gasteiger partial charge in [-0.3, -0.25) is 4.79 Å². The molecule has 0 spiro atoms. The Morgan fingerprint density at radius 1 is 1.54 bits per heavy atom. The van der Waals surface area contributed by atoms with Gasteiger partial charge in [-0.25, -0.2) is 5.43 Å². The predicted molar refractivity (Wildman–Crippen MR) is 55.2 cm³/mol. The molecule has 0 aliphatic carbocycles. The van der Waals surface area contributed by atoms with E-state index in [9.17, 15) is 4.79 Å². The van der Waals surface area contributed by atoms with Gasteiger partial charge in [0.15, 0.2) is 0 Å². The number of nitrogens with zero attached hydrogens (tertiary/aromatic N) is 1. The van der Waals surface area contributed by atoms with E-state index in [0.717, 1.165) is 10.0 Å². The largest absolute Gasteiger partial charge is 0.273 e. The maximum atomic E-state index is 10.4. The topological polar surface area (TPSA) is 41.5 Å². The molecule has 67 valence electrons. The number of amides is 1. The summed E-state index contributed by atoms with van der Waals surface area (Å²) in [6, 6.07) is 7.57. The van der Waals surface area contributed by atoms with Crippen molar-refractivity contribution in [3.05, 3.63) is 41.2 Å². The molecule has 1 rings (SSSR count). The van der Waals surface area contributed by atoms with E-state index in [1.807, 2.05) is 24.3 Å². The molecule has 0 fully saturated rings. The Bertz CT molecular complexity index is 336. The molecule has 1 amide bonds. The fourth-order valence-corrected chi connectivity index (χ4v) is 1.14. The lowest BCUT2D eigenvalue weighted by atomic mass is 10.2. The summed E-state index contributed by atoms with van der Waals surface area (Å²) in [6.45, 7) is 3.12. The van der Waals surface area contributed by atoms with Gasteiger partial charge in [0, 0.05) is 17.0 Å². The summed E-state index contributed by atoms with van der Waals surface area (Å²) in [7, 11) is 0. The van der Waals surface area contributed by atoms with Crippen molar-refractivity contribution in [3.8, 4) is 0 Å². The SMILES string of the molecule is [CH2]C(=O)NN=Cc1ccccc1Br. The second kappa shape index (κ2) is 4.77. The second-order valence-electron chi connectivity index (χ2n) is 2.31. The van der Waals surface area contributed by atoms with Crippen LogP contribution in [0.15, 0.2) is 33.8 Å². The van der Waals surface area contributed by atoms with Crippen LogP contribution in [-0.4, -0.2) is 12.1 Å². The van der Waals surface area contributed by atoms with Gasteiger partial charge in [0.05, 0.1) is 6.21 Å². The summed E-state index contributed by atoms with van der Waals surface area (Å²) >= 11 is 3.34. The van der Waals surface area contributed by atoms with Crippen LogP contribution < -0.4 is 5.43 Å². The molecule has 4 heteroatoms. The summed E-state index contributed by atoms with van der Waals surface area (Å²) in [5.74, 6) is -0.427. The minimum absolute atomic E-state index is 0.427.